The SMILES string of the molecule is CS(=O)C[C@@H]1[C@@H]2CC[C@]3(CC[C@H]4[C@](C)(CCC[C@]4(C)N)[C@@H]3C2)[C@@H]1O. The molecule has 3 nitrogen and oxygen atoms in total. The zero-order valence-corrected chi connectivity index (χ0v) is 16.4. The highest BCUT2D eigenvalue weighted by atomic mass is 32.2. The number of aliphatic hydroxyl groups excluding tert-OH is 1. The third-order valence-corrected chi connectivity index (χ3v) is 9.81. The molecule has 0 amide bonds. The van der Waals surface area contributed by atoms with Gasteiger partial charge in [0.15, 0.2) is 0 Å². The van der Waals surface area contributed by atoms with Crippen LogP contribution in [0.5, 0.6) is 0 Å². The van der Waals surface area contributed by atoms with Gasteiger partial charge in [-0.1, -0.05) is 13.3 Å². The van der Waals surface area contributed by atoms with Crippen molar-refractivity contribution in [3.63, 3.8) is 0 Å². The minimum Gasteiger partial charge on any atom is -0.392 e. The van der Waals surface area contributed by atoms with Gasteiger partial charge < -0.3 is 10.8 Å². The van der Waals surface area contributed by atoms with Gasteiger partial charge in [-0.15, -0.1) is 0 Å². The van der Waals surface area contributed by atoms with Crippen molar-refractivity contribution in [1.29, 1.82) is 0 Å². The zero-order chi connectivity index (χ0) is 17.3. The van der Waals surface area contributed by atoms with E-state index in [4.69, 9.17) is 5.73 Å². The first-order chi connectivity index (χ1) is 11.2. The molecule has 0 radical (unpaired) electrons. The Kier molecular flexibility index (Phi) is 4.03. The first-order valence-electron chi connectivity index (χ1n) is 9.98. The standard InChI is InChI=1S/C20H35NO2S/c1-18-7-4-8-19(2,21)15(18)6-10-20-9-5-13(11-16(18)20)14(17(20)22)12-24(3)23/h13-17,22H,4-12,21H2,1-3H3/t13-,14-,15+,16+,17-,18+,19+,20-,24?/m1/s1. The van der Waals surface area contributed by atoms with Crippen molar-refractivity contribution < 1.29 is 9.32 Å². The molecule has 0 aromatic carbocycles. The molecule has 1 spiro atoms. The Morgan fingerprint density at radius 2 is 1.83 bits per heavy atom. The predicted molar refractivity (Wildman–Crippen MR) is 99.0 cm³/mol. The summed E-state index contributed by atoms with van der Waals surface area (Å²) >= 11 is 0. The highest BCUT2D eigenvalue weighted by Gasteiger charge is 2.67. The van der Waals surface area contributed by atoms with Gasteiger partial charge in [-0.25, -0.2) is 0 Å². The molecule has 2 bridgehead atoms. The van der Waals surface area contributed by atoms with Gasteiger partial charge in [0.1, 0.15) is 0 Å². The second-order valence-corrected chi connectivity index (χ2v) is 11.6. The summed E-state index contributed by atoms with van der Waals surface area (Å²) in [5.74, 6) is 2.72. The lowest BCUT2D eigenvalue weighted by Crippen LogP contribution is -2.68. The highest BCUT2D eigenvalue weighted by Crippen LogP contribution is 2.70. The van der Waals surface area contributed by atoms with Crippen LogP contribution in [0.1, 0.15) is 65.2 Å². The van der Waals surface area contributed by atoms with Crippen LogP contribution in [0.25, 0.3) is 0 Å². The van der Waals surface area contributed by atoms with E-state index in [9.17, 15) is 9.32 Å². The number of hydrogen-bond acceptors (Lipinski definition) is 3. The third kappa shape index (κ3) is 2.24. The summed E-state index contributed by atoms with van der Waals surface area (Å²) in [5.41, 5.74) is 7.09. The first kappa shape index (κ1) is 17.5. The predicted octanol–water partition coefficient (Wildman–Crippen LogP) is 3.08. The van der Waals surface area contributed by atoms with Gasteiger partial charge in [0, 0.05) is 28.3 Å². The average Bonchev–Trinajstić information content (AvgIpc) is 2.49. The smallest absolute Gasteiger partial charge is 0.0638 e. The van der Waals surface area contributed by atoms with Gasteiger partial charge in [0.2, 0.25) is 0 Å². The molecule has 0 saturated heterocycles. The number of rotatable bonds is 2. The van der Waals surface area contributed by atoms with Gasteiger partial charge in [0.25, 0.3) is 0 Å². The number of nitrogens with two attached hydrogens (primary N) is 1. The van der Waals surface area contributed by atoms with E-state index in [-0.39, 0.29) is 28.4 Å². The van der Waals surface area contributed by atoms with E-state index in [1.165, 1.54) is 38.5 Å². The Hall–Kier alpha value is 0.0700. The summed E-state index contributed by atoms with van der Waals surface area (Å²) in [6.45, 7) is 4.77. The molecule has 5 saturated carbocycles. The summed E-state index contributed by atoms with van der Waals surface area (Å²) in [5, 5.41) is 11.4. The number of fused-ring (bicyclic) bond motifs is 3. The zero-order valence-electron chi connectivity index (χ0n) is 15.6. The van der Waals surface area contributed by atoms with Gasteiger partial charge in [-0.05, 0) is 86.4 Å². The van der Waals surface area contributed by atoms with Crippen molar-refractivity contribution in [2.45, 2.75) is 76.9 Å². The largest absolute Gasteiger partial charge is 0.392 e. The van der Waals surface area contributed by atoms with Crippen LogP contribution in [0.3, 0.4) is 0 Å². The van der Waals surface area contributed by atoms with Crippen LogP contribution in [0.15, 0.2) is 0 Å². The summed E-state index contributed by atoms with van der Waals surface area (Å²) in [7, 11) is -0.812. The molecule has 4 heteroatoms. The molecule has 0 aromatic rings. The Morgan fingerprint density at radius 3 is 2.54 bits per heavy atom. The first-order valence-corrected chi connectivity index (χ1v) is 11.7. The molecule has 138 valence electrons. The lowest BCUT2D eigenvalue weighted by Gasteiger charge is -2.70. The van der Waals surface area contributed by atoms with Gasteiger partial charge in [-0.3, -0.25) is 4.21 Å². The Labute approximate surface area is 149 Å². The van der Waals surface area contributed by atoms with Crippen LogP contribution < -0.4 is 5.73 Å². The molecule has 24 heavy (non-hydrogen) atoms. The number of hydrogen-bond donors (Lipinski definition) is 2. The lowest BCUT2D eigenvalue weighted by atomic mass is 9.36. The molecule has 1 unspecified atom stereocenters. The van der Waals surface area contributed by atoms with E-state index in [1.54, 1.807) is 6.26 Å². The number of aliphatic hydroxyl groups is 1. The summed E-state index contributed by atoms with van der Waals surface area (Å²) in [6, 6.07) is 0. The highest BCUT2D eigenvalue weighted by molar-refractivity contribution is 7.84. The van der Waals surface area contributed by atoms with Crippen molar-refractivity contribution in [1.82, 2.24) is 0 Å². The second-order valence-electron chi connectivity index (χ2n) is 10.1. The Morgan fingerprint density at radius 1 is 1.12 bits per heavy atom. The van der Waals surface area contributed by atoms with E-state index in [0.29, 0.717) is 23.5 Å². The minimum absolute atomic E-state index is 0.0411. The van der Waals surface area contributed by atoms with Crippen molar-refractivity contribution >= 4 is 10.8 Å². The molecule has 0 aliphatic heterocycles. The minimum atomic E-state index is -0.812. The fraction of sp³-hybridized carbons (Fsp3) is 1.00. The maximum Gasteiger partial charge on any atom is 0.0638 e. The van der Waals surface area contributed by atoms with Crippen molar-refractivity contribution in [3.05, 3.63) is 0 Å². The third-order valence-electron chi connectivity index (χ3n) is 8.96. The second kappa shape index (κ2) is 5.53. The molecule has 0 aromatic heterocycles. The van der Waals surface area contributed by atoms with E-state index in [0.717, 1.165) is 12.8 Å². The Bertz CT molecular complexity index is 550. The molecular formula is C20H35NO2S. The van der Waals surface area contributed by atoms with Crippen molar-refractivity contribution in [2.24, 2.45) is 40.2 Å². The van der Waals surface area contributed by atoms with Crippen LogP contribution in [0.4, 0.5) is 0 Å². The molecule has 5 fully saturated rings. The molecule has 9 atom stereocenters. The maximum atomic E-state index is 11.9. The summed E-state index contributed by atoms with van der Waals surface area (Å²) in [4.78, 5) is 0. The normalized spacial score (nSPS) is 58.0. The monoisotopic (exact) mass is 353 g/mol. The van der Waals surface area contributed by atoms with Crippen molar-refractivity contribution in [2.75, 3.05) is 12.0 Å². The fourth-order valence-electron chi connectivity index (χ4n) is 8.02. The molecule has 5 aliphatic carbocycles. The topological polar surface area (TPSA) is 63.3 Å². The maximum absolute atomic E-state index is 11.9. The lowest BCUT2D eigenvalue weighted by molar-refractivity contribution is -0.231. The fourth-order valence-corrected chi connectivity index (χ4v) is 9.02. The molecule has 3 N–H and O–H groups in total. The Balaban J connectivity index is 1.70. The van der Waals surface area contributed by atoms with Crippen molar-refractivity contribution in [3.8, 4) is 0 Å². The average molecular weight is 354 g/mol. The quantitative estimate of drug-likeness (QED) is 0.802. The van der Waals surface area contributed by atoms with Gasteiger partial charge in [-0.2, -0.15) is 0 Å². The van der Waals surface area contributed by atoms with Crippen LogP contribution in [0, 0.1) is 34.5 Å². The summed E-state index contributed by atoms with van der Waals surface area (Å²) in [6.07, 6.45) is 11.2. The van der Waals surface area contributed by atoms with E-state index in [2.05, 4.69) is 13.8 Å². The van der Waals surface area contributed by atoms with Gasteiger partial charge >= 0.3 is 0 Å². The van der Waals surface area contributed by atoms with E-state index < -0.39 is 10.8 Å². The van der Waals surface area contributed by atoms with E-state index in [1.807, 2.05) is 0 Å². The van der Waals surface area contributed by atoms with E-state index >= 15 is 0 Å². The molecular weight excluding hydrogens is 318 g/mol. The summed E-state index contributed by atoms with van der Waals surface area (Å²) < 4.78 is 11.9. The molecule has 5 rings (SSSR count). The molecule has 5 aliphatic rings. The van der Waals surface area contributed by atoms with Gasteiger partial charge in [0.05, 0.1) is 6.10 Å². The van der Waals surface area contributed by atoms with Crippen LogP contribution >= 0.6 is 0 Å². The van der Waals surface area contributed by atoms with Crippen LogP contribution in [-0.2, 0) is 10.8 Å². The molecule has 0 heterocycles. The van der Waals surface area contributed by atoms with Crippen LogP contribution in [-0.4, -0.2) is 33.0 Å². The van der Waals surface area contributed by atoms with Crippen LogP contribution in [0.2, 0.25) is 0 Å².